The van der Waals surface area contributed by atoms with Crippen molar-refractivity contribution in [2.45, 2.75) is 52.7 Å². The number of rotatable bonds is 10. The number of hydrogen-bond acceptors (Lipinski definition) is 10. The van der Waals surface area contributed by atoms with Crippen molar-refractivity contribution < 1.29 is 46.6 Å². The lowest BCUT2D eigenvalue weighted by Gasteiger charge is -2.32. The molecular formula is C46H42BCl3F2N2O8. The van der Waals surface area contributed by atoms with Gasteiger partial charge in [-0.05, 0) is 144 Å². The maximum atomic E-state index is 13.0. The van der Waals surface area contributed by atoms with E-state index in [9.17, 15) is 18.4 Å². The number of benzene rings is 4. The molecule has 10 nitrogen and oxygen atoms in total. The predicted octanol–water partition coefficient (Wildman–Crippen LogP) is 12.0. The van der Waals surface area contributed by atoms with Gasteiger partial charge in [0.2, 0.25) is 0 Å². The summed E-state index contributed by atoms with van der Waals surface area (Å²) in [6, 6.07) is 32.3. The lowest BCUT2D eigenvalue weighted by molar-refractivity contribution is 0.00578. The maximum absolute atomic E-state index is 13.0. The van der Waals surface area contributed by atoms with E-state index in [2.05, 4.69) is 9.97 Å². The Hall–Kier alpha value is -5.57. The summed E-state index contributed by atoms with van der Waals surface area (Å²) < 4.78 is 59.2. The third-order valence-electron chi connectivity index (χ3n) is 9.13. The number of nitrogens with zero attached hydrogens (tertiary/aromatic N) is 2. The average molecular weight is 906 g/mol. The molecule has 16 heteroatoms. The third kappa shape index (κ3) is 13.5. The Morgan fingerprint density at radius 1 is 0.597 bits per heavy atom. The molecule has 62 heavy (non-hydrogen) atoms. The van der Waals surface area contributed by atoms with E-state index in [0.29, 0.717) is 45.3 Å². The fourth-order valence-electron chi connectivity index (χ4n) is 5.43. The van der Waals surface area contributed by atoms with Gasteiger partial charge in [-0.2, -0.15) is 0 Å². The van der Waals surface area contributed by atoms with Crippen LogP contribution in [0.15, 0.2) is 121 Å². The van der Waals surface area contributed by atoms with Gasteiger partial charge in [0.05, 0.1) is 30.1 Å². The summed E-state index contributed by atoms with van der Waals surface area (Å²) in [6.45, 7) is 12.1. The Labute approximate surface area is 374 Å². The highest BCUT2D eigenvalue weighted by atomic mass is 35.5. The molecule has 2 aromatic heterocycles. The number of aromatic nitrogens is 2. The molecule has 0 bridgehead atoms. The van der Waals surface area contributed by atoms with Crippen molar-refractivity contribution in [1.29, 1.82) is 0 Å². The molecule has 0 atom stereocenters. The van der Waals surface area contributed by atoms with Gasteiger partial charge < -0.3 is 28.3 Å². The van der Waals surface area contributed by atoms with Gasteiger partial charge >= 0.3 is 19.1 Å². The smallest absolute Gasteiger partial charge is 0.461 e. The highest BCUT2D eigenvalue weighted by molar-refractivity contribution is 6.62. The standard InChI is InChI=1S/C20H15ClFNO3.C18H20BFO3.C8H7Cl2NO2/c1-2-25-20(24)19-12-14(21)11-18(23-19)13-4-3-5-17(10-13)26-16-8-6-15(22)7-9-16;1-17(2)18(3,4)23-19(22-17)13-6-5-7-16(12-13)21-15-10-8-14(20)9-11-15;1-2-13-8(12)6-3-5(9)4-7(10)11-6/h3-12H,2H2,1H3;5-12H,1-4H3;3-4H,2H2,1H3. The summed E-state index contributed by atoms with van der Waals surface area (Å²) in [7, 11) is -0.434. The van der Waals surface area contributed by atoms with E-state index in [1.54, 1.807) is 62.4 Å². The van der Waals surface area contributed by atoms with Gasteiger partial charge in [-0.15, -0.1) is 0 Å². The number of carbonyl (C=O) groups is 2. The number of ether oxygens (including phenoxy) is 4. The van der Waals surface area contributed by atoms with Crippen molar-refractivity contribution in [3.8, 4) is 34.3 Å². The molecule has 1 aliphatic rings. The SMILES string of the molecule is CC1(C)OB(c2cccc(Oc3ccc(F)cc3)c2)OC1(C)C.CCOC(=O)c1cc(Cl)cc(-c2cccc(Oc3ccc(F)cc3)c2)n1.CCOC(=O)c1cc(Cl)cc(Cl)n1. The van der Waals surface area contributed by atoms with Crippen LogP contribution in [0.25, 0.3) is 11.3 Å². The molecule has 0 spiro atoms. The molecule has 0 amide bonds. The third-order valence-corrected chi connectivity index (χ3v) is 9.76. The first-order chi connectivity index (χ1) is 29.4. The number of hydrogen-bond donors (Lipinski definition) is 0. The molecule has 0 saturated carbocycles. The van der Waals surface area contributed by atoms with E-state index in [1.165, 1.54) is 42.5 Å². The minimum Gasteiger partial charge on any atom is -0.461 e. The van der Waals surface area contributed by atoms with Gasteiger partial charge in [-0.1, -0.05) is 59.1 Å². The Balaban J connectivity index is 0.000000185. The zero-order chi connectivity index (χ0) is 45.0. The molecule has 0 aliphatic carbocycles. The summed E-state index contributed by atoms with van der Waals surface area (Å²) in [5, 5.41) is 0.918. The second-order valence-electron chi connectivity index (χ2n) is 14.3. The van der Waals surface area contributed by atoms with Crippen LogP contribution in [0, 0.1) is 11.6 Å². The first-order valence-electron chi connectivity index (χ1n) is 19.2. The molecule has 1 aliphatic heterocycles. The normalized spacial score (nSPS) is 13.4. The van der Waals surface area contributed by atoms with Crippen molar-refractivity contribution in [3.05, 3.63) is 160 Å². The Bertz CT molecular complexity index is 2440. The van der Waals surface area contributed by atoms with Gasteiger partial charge in [0.1, 0.15) is 39.8 Å². The summed E-state index contributed by atoms with van der Waals surface area (Å²) in [6.07, 6.45) is 0. The van der Waals surface area contributed by atoms with Crippen LogP contribution < -0.4 is 14.9 Å². The fraction of sp³-hybridized carbons (Fsp3) is 0.217. The fourth-order valence-corrected chi connectivity index (χ4v) is 6.11. The Morgan fingerprint density at radius 2 is 1.06 bits per heavy atom. The van der Waals surface area contributed by atoms with Gasteiger partial charge in [0, 0.05) is 15.6 Å². The maximum Gasteiger partial charge on any atom is 0.494 e. The number of pyridine rings is 2. The van der Waals surface area contributed by atoms with Crippen LogP contribution in [0.1, 0.15) is 62.5 Å². The second kappa shape index (κ2) is 21.5. The molecule has 1 fully saturated rings. The van der Waals surface area contributed by atoms with Crippen LogP contribution in [-0.4, -0.2) is 53.4 Å². The van der Waals surface area contributed by atoms with Gasteiger partial charge in [0.25, 0.3) is 0 Å². The predicted molar refractivity (Wildman–Crippen MR) is 236 cm³/mol. The van der Waals surface area contributed by atoms with E-state index in [-0.39, 0.29) is 46.0 Å². The Morgan fingerprint density at radius 3 is 1.56 bits per heavy atom. The van der Waals surface area contributed by atoms with Gasteiger partial charge in [-0.25, -0.2) is 28.3 Å². The zero-order valence-corrected chi connectivity index (χ0v) is 36.9. The van der Waals surface area contributed by atoms with Gasteiger partial charge in [0.15, 0.2) is 11.4 Å². The van der Waals surface area contributed by atoms with Crippen LogP contribution in [0.3, 0.4) is 0 Å². The summed E-state index contributed by atoms with van der Waals surface area (Å²) in [5.74, 6) is 0.621. The van der Waals surface area contributed by atoms with Gasteiger partial charge in [-0.3, -0.25) is 0 Å². The lowest BCUT2D eigenvalue weighted by atomic mass is 9.79. The monoisotopic (exact) mass is 904 g/mol. The number of carbonyl (C=O) groups excluding carboxylic acids is 2. The molecule has 0 unspecified atom stereocenters. The van der Waals surface area contributed by atoms with E-state index in [0.717, 1.165) is 11.0 Å². The van der Waals surface area contributed by atoms with Crippen LogP contribution in [-0.2, 0) is 18.8 Å². The minimum absolute atomic E-state index is 0.124. The average Bonchev–Trinajstić information content (AvgIpc) is 3.45. The van der Waals surface area contributed by atoms with Crippen LogP contribution in [0.2, 0.25) is 15.2 Å². The van der Waals surface area contributed by atoms with E-state index < -0.39 is 19.1 Å². The van der Waals surface area contributed by atoms with Crippen molar-refractivity contribution in [2.24, 2.45) is 0 Å². The molecule has 3 heterocycles. The lowest BCUT2D eigenvalue weighted by Crippen LogP contribution is -2.41. The van der Waals surface area contributed by atoms with E-state index >= 15 is 0 Å². The largest absolute Gasteiger partial charge is 0.494 e. The first kappa shape index (κ1) is 47.5. The zero-order valence-electron chi connectivity index (χ0n) is 34.6. The molecule has 4 aromatic carbocycles. The Kier molecular flexibility index (Phi) is 16.5. The molecule has 6 aromatic rings. The van der Waals surface area contributed by atoms with Crippen LogP contribution >= 0.6 is 34.8 Å². The quantitative estimate of drug-likeness (QED) is 0.0747. The van der Waals surface area contributed by atoms with Crippen molar-refractivity contribution >= 4 is 59.3 Å². The summed E-state index contributed by atoms with van der Waals surface area (Å²) in [4.78, 5) is 31.1. The number of esters is 2. The second-order valence-corrected chi connectivity index (χ2v) is 15.6. The summed E-state index contributed by atoms with van der Waals surface area (Å²) >= 11 is 17.4. The number of halogens is 5. The van der Waals surface area contributed by atoms with Crippen LogP contribution in [0.5, 0.6) is 23.0 Å². The van der Waals surface area contributed by atoms with Crippen molar-refractivity contribution in [2.75, 3.05) is 13.2 Å². The highest BCUT2D eigenvalue weighted by Crippen LogP contribution is 2.37. The topological polar surface area (TPSA) is 115 Å². The molecule has 322 valence electrons. The molecular weight excluding hydrogens is 864 g/mol. The first-order valence-corrected chi connectivity index (χ1v) is 20.4. The molecule has 0 N–H and O–H groups in total. The van der Waals surface area contributed by atoms with E-state index in [4.69, 9.17) is 63.1 Å². The minimum atomic E-state index is -0.532. The van der Waals surface area contributed by atoms with Crippen LogP contribution in [0.4, 0.5) is 8.78 Å². The molecule has 0 radical (unpaired) electrons. The molecule has 1 saturated heterocycles. The van der Waals surface area contributed by atoms with Crippen molar-refractivity contribution in [1.82, 2.24) is 9.97 Å². The summed E-state index contributed by atoms with van der Waals surface area (Å²) in [5.41, 5.74) is 1.63. The van der Waals surface area contributed by atoms with E-state index in [1.807, 2.05) is 58.0 Å². The van der Waals surface area contributed by atoms with Crippen molar-refractivity contribution in [3.63, 3.8) is 0 Å². The molecule has 7 rings (SSSR count). The highest BCUT2D eigenvalue weighted by Gasteiger charge is 2.51.